The second-order valence-electron chi connectivity index (χ2n) is 7.67. The van der Waals surface area contributed by atoms with E-state index < -0.39 is 17.9 Å². The minimum absolute atomic E-state index is 0.234. The molecule has 0 aliphatic rings. The molecule has 0 unspecified atom stereocenters. The fourth-order valence-corrected chi connectivity index (χ4v) is 3.07. The lowest BCUT2D eigenvalue weighted by atomic mass is 10.1. The summed E-state index contributed by atoms with van der Waals surface area (Å²) in [6, 6.07) is 18.2. The lowest BCUT2D eigenvalue weighted by Crippen LogP contribution is -2.11. The molecule has 3 aromatic carbocycles. The van der Waals surface area contributed by atoms with Gasteiger partial charge in [0.25, 0.3) is 0 Å². The quantitative estimate of drug-likeness (QED) is 0.172. The second kappa shape index (κ2) is 12.2. The van der Waals surface area contributed by atoms with Crippen LogP contribution in [0.2, 0.25) is 0 Å². The van der Waals surface area contributed by atoms with E-state index in [0.717, 1.165) is 17.2 Å². The minimum Gasteiger partial charge on any atom is -0.493 e. The highest BCUT2D eigenvalue weighted by Gasteiger charge is 2.13. The van der Waals surface area contributed by atoms with E-state index in [2.05, 4.69) is 6.58 Å². The number of hydrogen-bond acceptors (Lipinski definition) is 7. The Morgan fingerprint density at radius 3 is 1.97 bits per heavy atom. The molecule has 3 aromatic rings. The van der Waals surface area contributed by atoms with Crippen molar-refractivity contribution in [2.45, 2.75) is 20.3 Å². The number of carbonyl (C=O) groups is 3. The van der Waals surface area contributed by atoms with Crippen molar-refractivity contribution >= 4 is 17.9 Å². The Balaban J connectivity index is 1.49. The number of carbonyl (C=O) groups excluding carboxylic acids is 3. The zero-order chi connectivity index (χ0) is 25.2. The molecule has 0 atom stereocenters. The van der Waals surface area contributed by atoms with Gasteiger partial charge in [0.05, 0.1) is 24.3 Å². The molecule has 35 heavy (non-hydrogen) atoms. The molecule has 7 nitrogen and oxygen atoms in total. The molecule has 0 amide bonds. The summed E-state index contributed by atoms with van der Waals surface area (Å²) in [5.74, 6) is -0.141. The van der Waals surface area contributed by atoms with Crippen molar-refractivity contribution in [1.82, 2.24) is 0 Å². The summed E-state index contributed by atoms with van der Waals surface area (Å²) in [5.41, 5.74) is 2.63. The average molecular weight is 475 g/mol. The standard InChI is InChI=1S/C28H26O7/c1-4-26(29)33-17-5-16-32-23-11-7-21(8-12-23)27(30)34-24-13-9-22(10-14-24)28(31)35-25-15-6-19(2)18-20(25)3/h4,6-15,18H,1,5,16-17H2,2-3H3. The Bertz CT molecular complexity index is 1190. The van der Waals surface area contributed by atoms with Crippen molar-refractivity contribution < 1.29 is 33.3 Å². The van der Waals surface area contributed by atoms with Gasteiger partial charge in [-0.25, -0.2) is 14.4 Å². The largest absolute Gasteiger partial charge is 0.493 e. The van der Waals surface area contributed by atoms with E-state index in [1.165, 1.54) is 24.3 Å². The van der Waals surface area contributed by atoms with Gasteiger partial charge in [0.1, 0.15) is 17.2 Å². The van der Waals surface area contributed by atoms with Crippen LogP contribution in [0.25, 0.3) is 0 Å². The highest BCUT2D eigenvalue weighted by atomic mass is 16.5. The van der Waals surface area contributed by atoms with Gasteiger partial charge in [-0.2, -0.15) is 0 Å². The molecule has 0 saturated heterocycles. The Morgan fingerprint density at radius 2 is 1.37 bits per heavy atom. The molecule has 0 aliphatic heterocycles. The maximum absolute atomic E-state index is 12.4. The maximum atomic E-state index is 12.4. The third-order valence-corrected chi connectivity index (χ3v) is 4.89. The Hall–Kier alpha value is -4.39. The first-order chi connectivity index (χ1) is 16.9. The van der Waals surface area contributed by atoms with Gasteiger partial charge in [-0.3, -0.25) is 0 Å². The SMILES string of the molecule is C=CC(=O)OCCCOc1ccc(C(=O)Oc2ccc(C(=O)Oc3ccc(C)cc3C)cc2)cc1. The lowest BCUT2D eigenvalue weighted by molar-refractivity contribution is -0.137. The molecular weight excluding hydrogens is 448 g/mol. The first kappa shape index (κ1) is 25.2. The topological polar surface area (TPSA) is 88.1 Å². The highest BCUT2D eigenvalue weighted by molar-refractivity contribution is 5.92. The zero-order valence-corrected chi connectivity index (χ0v) is 19.6. The van der Waals surface area contributed by atoms with E-state index in [4.69, 9.17) is 18.9 Å². The van der Waals surface area contributed by atoms with Crippen LogP contribution in [0.1, 0.15) is 38.3 Å². The third kappa shape index (κ3) is 7.57. The fourth-order valence-electron chi connectivity index (χ4n) is 3.07. The molecule has 0 saturated carbocycles. The summed E-state index contributed by atoms with van der Waals surface area (Å²) in [6.45, 7) is 7.75. The van der Waals surface area contributed by atoms with Gasteiger partial charge in [-0.15, -0.1) is 0 Å². The second-order valence-corrected chi connectivity index (χ2v) is 7.67. The van der Waals surface area contributed by atoms with Gasteiger partial charge in [-0.1, -0.05) is 24.3 Å². The van der Waals surface area contributed by atoms with Gasteiger partial charge in [0.15, 0.2) is 0 Å². The molecule has 0 radical (unpaired) electrons. The minimum atomic E-state index is -0.543. The van der Waals surface area contributed by atoms with E-state index in [0.29, 0.717) is 41.4 Å². The number of hydrogen-bond donors (Lipinski definition) is 0. The van der Waals surface area contributed by atoms with Gasteiger partial charge >= 0.3 is 17.9 Å². The summed E-state index contributed by atoms with van der Waals surface area (Å²) in [5, 5.41) is 0. The molecule has 0 N–H and O–H groups in total. The highest BCUT2D eigenvalue weighted by Crippen LogP contribution is 2.21. The molecule has 3 rings (SSSR count). The number of rotatable bonds is 10. The van der Waals surface area contributed by atoms with Crippen LogP contribution in [0.4, 0.5) is 0 Å². The Kier molecular flexibility index (Phi) is 8.78. The summed E-state index contributed by atoms with van der Waals surface area (Å²) >= 11 is 0. The molecule has 0 heterocycles. The predicted molar refractivity (Wildman–Crippen MR) is 130 cm³/mol. The van der Waals surface area contributed by atoms with Crippen molar-refractivity contribution in [3.8, 4) is 17.2 Å². The monoisotopic (exact) mass is 474 g/mol. The van der Waals surface area contributed by atoms with E-state index in [-0.39, 0.29) is 6.61 Å². The fraction of sp³-hybridized carbons (Fsp3) is 0.179. The number of ether oxygens (including phenoxy) is 4. The van der Waals surface area contributed by atoms with Crippen LogP contribution in [0, 0.1) is 13.8 Å². The van der Waals surface area contributed by atoms with Crippen LogP contribution in [-0.4, -0.2) is 31.1 Å². The molecule has 0 spiro atoms. The first-order valence-corrected chi connectivity index (χ1v) is 11.0. The summed E-state index contributed by atoms with van der Waals surface area (Å²) in [6.07, 6.45) is 1.63. The van der Waals surface area contributed by atoms with Gasteiger partial charge in [0.2, 0.25) is 0 Å². The maximum Gasteiger partial charge on any atom is 0.343 e. The van der Waals surface area contributed by atoms with Gasteiger partial charge < -0.3 is 18.9 Å². The molecule has 0 bridgehead atoms. The Labute approximate surface area is 203 Å². The predicted octanol–water partition coefficient (Wildman–Crippen LogP) is 5.24. The Morgan fingerprint density at radius 1 is 0.771 bits per heavy atom. The van der Waals surface area contributed by atoms with Crippen LogP contribution >= 0.6 is 0 Å². The molecule has 180 valence electrons. The average Bonchev–Trinajstić information content (AvgIpc) is 2.86. The van der Waals surface area contributed by atoms with Crippen LogP contribution in [0.15, 0.2) is 79.4 Å². The normalized spacial score (nSPS) is 10.2. The lowest BCUT2D eigenvalue weighted by Gasteiger charge is -2.09. The molecule has 0 aromatic heterocycles. The van der Waals surface area contributed by atoms with Gasteiger partial charge in [-0.05, 0) is 74.0 Å². The molecule has 7 heteroatoms. The molecular formula is C28H26O7. The number of esters is 3. The van der Waals surface area contributed by atoms with E-state index >= 15 is 0 Å². The van der Waals surface area contributed by atoms with E-state index in [1.807, 2.05) is 26.0 Å². The van der Waals surface area contributed by atoms with Crippen LogP contribution in [-0.2, 0) is 9.53 Å². The molecule has 0 aliphatic carbocycles. The van der Waals surface area contributed by atoms with Crippen molar-refractivity contribution in [2.75, 3.05) is 13.2 Å². The summed E-state index contributed by atoms with van der Waals surface area (Å²) < 4.78 is 21.3. The summed E-state index contributed by atoms with van der Waals surface area (Å²) in [4.78, 5) is 35.8. The van der Waals surface area contributed by atoms with Gasteiger partial charge in [0, 0.05) is 12.5 Å². The smallest absolute Gasteiger partial charge is 0.343 e. The summed E-state index contributed by atoms with van der Waals surface area (Å²) in [7, 11) is 0. The number of benzene rings is 3. The van der Waals surface area contributed by atoms with Crippen molar-refractivity contribution in [3.63, 3.8) is 0 Å². The van der Waals surface area contributed by atoms with Crippen LogP contribution in [0.5, 0.6) is 17.2 Å². The van der Waals surface area contributed by atoms with Crippen LogP contribution < -0.4 is 14.2 Å². The van der Waals surface area contributed by atoms with Crippen LogP contribution in [0.3, 0.4) is 0 Å². The van der Waals surface area contributed by atoms with E-state index in [9.17, 15) is 14.4 Å². The van der Waals surface area contributed by atoms with Crippen molar-refractivity contribution in [3.05, 3.63) is 102 Å². The number of aryl methyl sites for hydroxylation is 2. The first-order valence-electron chi connectivity index (χ1n) is 11.0. The van der Waals surface area contributed by atoms with Crippen molar-refractivity contribution in [1.29, 1.82) is 0 Å². The molecule has 0 fully saturated rings. The third-order valence-electron chi connectivity index (χ3n) is 4.89. The van der Waals surface area contributed by atoms with Crippen molar-refractivity contribution in [2.24, 2.45) is 0 Å². The zero-order valence-electron chi connectivity index (χ0n) is 19.6. The van der Waals surface area contributed by atoms with E-state index in [1.54, 1.807) is 30.3 Å².